The molecule has 4 rings (SSSR count). The Morgan fingerprint density at radius 1 is 0.800 bits per heavy atom. The van der Waals surface area contributed by atoms with E-state index in [4.69, 9.17) is 4.74 Å². The lowest BCUT2D eigenvalue weighted by molar-refractivity contribution is -0.143. The zero-order chi connectivity index (χ0) is 25.2. The highest BCUT2D eigenvalue weighted by atomic mass is 19.4. The number of nitrogens with one attached hydrogen (secondary N) is 1. The lowest BCUT2D eigenvalue weighted by Crippen LogP contribution is -2.16. The van der Waals surface area contributed by atoms with Crippen LogP contribution in [0.15, 0.2) is 71.8 Å². The van der Waals surface area contributed by atoms with Gasteiger partial charge in [-0.05, 0) is 34.0 Å². The number of hydrogen-bond acceptors (Lipinski definition) is 3. The molecular formula is C25H15F7N2O. The summed E-state index contributed by atoms with van der Waals surface area (Å²) in [6.45, 7) is 0.251. The number of nitrogens with zero attached hydrogens (tertiary/aromatic N) is 1. The zero-order valence-corrected chi connectivity index (χ0v) is 17.6. The molecule has 0 saturated carbocycles. The van der Waals surface area contributed by atoms with Crippen molar-refractivity contribution in [2.45, 2.75) is 12.8 Å². The van der Waals surface area contributed by atoms with E-state index in [1.807, 2.05) is 42.5 Å². The molecule has 0 heterocycles. The number of hydrogen-bond donors (Lipinski definition) is 1. The number of fused-ring (bicyclic) bond motifs is 1. The first-order valence-corrected chi connectivity index (χ1v) is 10.1. The Morgan fingerprint density at radius 2 is 1.46 bits per heavy atom. The average molecular weight is 492 g/mol. The Hall–Kier alpha value is -4.08. The number of ether oxygens (including phenoxy) is 1. The minimum Gasteiger partial charge on any atom is -0.489 e. The maximum Gasteiger partial charge on any atom is 0.422 e. The molecule has 0 bridgehead atoms. The lowest BCUT2D eigenvalue weighted by Gasteiger charge is -2.13. The summed E-state index contributed by atoms with van der Waals surface area (Å²) < 4.78 is 99.2. The molecule has 0 aromatic heterocycles. The molecule has 0 aliphatic heterocycles. The second-order valence-electron chi connectivity index (χ2n) is 7.37. The molecule has 35 heavy (non-hydrogen) atoms. The first kappa shape index (κ1) is 24.1. The third kappa shape index (κ3) is 5.06. The highest BCUT2D eigenvalue weighted by Crippen LogP contribution is 2.38. The van der Waals surface area contributed by atoms with Crippen molar-refractivity contribution in [3.05, 3.63) is 107 Å². The van der Waals surface area contributed by atoms with E-state index in [1.165, 1.54) is 6.07 Å². The molecule has 0 radical (unpaired) electrons. The van der Waals surface area contributed by atoms with E-state index in [0.717, 1.165) is 22.6 Å². The van der Waals surface area contributed by atoms with E-state index in [9.17, 15) is 30.7 Å². The first-order valence-electron chi connectivity index (χ1n) is 10.1. The van der Waals surface area contributed by atoms with Crippen LogP contribution in [0.25, 0.3) is 10.8 Å². The molecule has 0 unspecified atom stereocenters. The maximum atomic E-state index is 14.0. The summed E-state index contributed by atoms with van der Waals surface area (Å²) in [4.78, 5) is 0. The number of hydrazone groups is 1. The van der Waals surface area contributed by atoms with Crippen molar-refractivity contribution in [2.24, 2.45) is 5.10 Å². The maximum absolute atomic E-state index is 14.0. The van der Waals surface area contributed by atoms with Gasteiger partial charge in [0, 0.05) is 0 Å². The minimum absolute atomic E-state index is 0.251. The summed E-state index contributed by atoms with van der Waals surface area (Å²) in [6, 6.07) is 19.9. The predicted octanol–water partition coefficient (Wildman–Crippen LogP) is 7.44. The average Bonchev–Trinajstić information content (AvgIpc) is 2.83. The van der Waals surface area contributed by atoms with Crippen molar-refractivity contribution in [2.75, 3.05) is 5.43 Å². The normalized spacial score (nSPS) is 11.9. The van der Waals surface area contributed by atoms with Gasteiger partial charge in [0.1, 0.15) is 23.6 Å². The lowest BCUT2D eigenvalue weighted by atomic mass is 10.1. The predicted molar refractivity (Wildman–Crippen MR) is 117 cm³/mol. The third-order valence-electron chi connectivity index (χ3n) is 5.07. The van der Waals surface area contributed by atoms with Crippen molar-refractivity contribution in [3.63, 3.8) is 0 Å². The van der Waals surface area contributed by atoms with Gasteiger partial charge >= 0.3 is 6.18 Å². The Bertz CT molecular complexity index is 1380. The van der Waals surface area contributed by atoms with E-state index in [-0.39, 0.29) is 6.61 Å². The van der Waals surface area contributed by atoms with Crippen LogP contribution in [0.2, 0.25) is 0 Å². The van der Waals surface area contributed by atoms with Crippen LogP contribution in [0.4, 0.5) is 36.4 Å². The summed E-state index contributed by atoms with van der Waals surface area (Å²) in [5.41, 5.74) is -1.11. The molecule has 0 aliphatic rings. The number of anilines is 1. The monoisotopic (exact) mass is 492 g/mol. The SMILES string of the molecule is Fc1c(F)c(C(F)(F)F)c(F)c(F)c1N/N=C\c1cccc(OCc2cccc3ccccc23)c1. The molecule has 10 heteroatoms. The van der Waals surface area contributed by atoms with Crippen LogP contribution in [0.1, 0.15) is 16.7 Å². The molecule has 0 amide bonds. The molecule has 3 nitrogen and oxygen atoms in total. The van der Waals surface area contributed by atoms with E-state index < -0.39 is 40.7 Å². The Morgan fingerprint density at radius 3 is 2.17 bits per heavy atom. The van der Waals surface area contributed by atoms with Gasteiger partial charge in [-0.15, -0.1) is 0 Å². The van der Waals surface area contributed by atoms with Crippen LogP contribution >= 0.6 is 0 Å². The van der Waals surface area contributed by atoms with Gasteiger partial charge in [-0.25, -0.2) is 17.6 Å². The van der Waals surface area contributed by atoms with Crippen molar-refractivity contribution in [1.29, 1.82) is 0 Å². The molecule has 180 valence electrons. The van der Waals surface area contributed by atoms with Gasteiger partial charge in [0.05, 0.1) is 6.21 Å². The van der Waals surface area contributed by atoms with Gasteiger partial charge in [0.25, 0.3) is 0 Å². The van der Waals surface area contributed by atoms with Crippen molar-refractivity contribution in [1.82, 2.24) is 0 Å². The fraction of sp³-hybridized carbons (Fsp3) is 0.0800. The molecule has 4 aromatic carbocycles. The summed E-state index contributed by atoms with van der Waals surface area (Å²) >= 11 is 0. The second kappa shape index (κ2) is 9.65. The molecule has 0 fully saturated rings. The van der Waals surface area contributed by atoms with Gasteiger partial charge in [-0.3, -0.25) is 5.43 Å². The van der Waals surface area contributed by atoms with E-state index in [1.54, 1.807) is 23.6 Å². The molecular weight excluding hydrogens is 477 g/mol. The van der Waals surface area contributed by atoms with Crippen molar-refractivity contribution < 1.29 is 35.5 Å². The fourth-order valence-electron chi connectivity index (χ4n) is 3.41. The highest BCUT2D eigenvalue weighted by molar-refractivity contribution is 5.85. The van der Waals surface area contributed by atoms with Crippen LogP contribution in [-0.4, -0.2) is 6.21 Å². The van der Waals surface area contributed by atoms with Crippen LogP contribution < -0.4 is 10.2 Å². The van der Waals surface area contributed by atoms with E-state index >= 15 is 0 Å². The van der Waals surface area contributed by atoms with Crippen molar-refractivity contribution in [3.8, 4) is 5.75 Å². The number of alkyl halides is 3. The summed E-state index contributed by atoms with van der Waals surface area (Å²) in [7, 11) is 0. The van der Waals surface area contributed by atoms with Gasteiger partial charge in [0.15, 0.2) is 23.3 Å². The largest absolute Gasteiger partial charge is 0.489 e. The molecule has 0 spiro atoms. The zero-order valence-electron chi connectivity index (χ0n) is 17.6. The van der Waals surface area contributed by atoms with Crippen molar-refractivity contribution >= 4 is 22.7 Å². The standard InChI is InChI=1S/C25H15F7N2O/c26-20-19(25(30,31)32)21(27)23(29)24(22(20)28)34-33-12-14-5-3-9-17(11-14)35-13-16-8-4-7-15-6-1-2-10-18(15)16/h1-12,34H,13H2/b33-12-. The van der Waals surface area contributed by atoms with E-state index in [2.05, 4.69) is 5.10 Å². The van der Waals surface area contributed by atoms with Gasteiger partial charge < -0.3 is 4.74 Å². The summed E-state index contributed by atoms with van der Waals surface area (Å²) in [5, 5.41) is 5.56. The molecule has 0 atom stereocenters. The topological polar surface area (TPSA) is 33.6 Å². The molecule has 4 aromatic rings. The Balaban J connectivity index is 1.49. The molecule has 0 aliphatic carbocycles. The smallest absolute Gasteiger partial charge is 0.422 e. The summed E-state index contributed by atoms with van der Waals surface area (Å²) in [6.07, 6.45) is -4.57. The number of halogens is 7. The van der Waals surface area contributed by atoms with E-state index in [0.29, 0.717) is 11.3 Å². The number of rotatable bonds is 6. The molecule has 1 N–H and O–H groups in total. The van der Waals surface area contributed by atoms with Gasteiger partial charge in [0.2, 0.25) is 0 Å². The van der Waals surface area contributed by atoms with Gasteiger partial charge in [-0.1, -0.05) is 54.6 Å². The van der Waals surface area contributed by atoms with Gasteiger partial charge in [-0.2, -0.15) is 18.3 Å². The first-order chi connectivity index (χ1) is 16.7. The summed E-state index contributed by atoms with van der Waals surface area (Å²) in [5.74, 6) is -9.21. The van der Waals surface area contributed by atoms with Crippen LogP contribution in [0.5, 0.6) is 5.75 Å². The number of benzene rings is 4. The quantitative estimate of drug-likeness (QED) is 0.131. The van der Waals surface area contributed by atoms with Crippen LogP contribution in [0, 0.1) is 23.3 Å². The third-order valence-corrected chi connectivity index (χ3v) is 5.07. The molecule has 0 saturated heterocycles. The Kier molecular flexibility index (Phi) is 6.63. The fourth-order valence-corrected chi connectivity index (χ4v) is 3.41. The van der Waals surface area contributed by atoms with Crippen LogP contribution in [-0.2, 0) is 12.8 Å². The highest BCUT2D eigenvalue weighted by Gasteiger charge is 2.42. The van der Waals surface area contributed by atoms with Crippen LogP contribution in [0.3, 0.4) is 0 Å². The Labute approximate surface area is 194 Å². The minimum atomic E-state index is -5.62. The second-order valence-corrected chi connectivity index (χ2v) is 7.37.